The van der Waals surface area contributed by atoms with Crippen LogP contribution < -0.4 is 5.73 Å². The predicted molar refractivity (Wildman–Crippen MR) is 63.7 cm³/mol. The second-order valence-electron chi connectivity index (χ2n) is 3.50. The van der Waals surface area contributed by atoms with Crippen molar-refractivity contribution in [2.24, 2.45) is 5.73 Å². The average Bonchev–Trinajstić information content (AvgIpc) is 2.26. The van der Waals surface area contributed by atoms with Crippen LogP contribution in [-0.2, 0) is 9.53 Å². The van der Waals surface area contributed by atoms with Crippen molar-refractivity contribution in [3.8, 4) is 5.75 Å². The van der Waals surface area contributed by atoms with Gasteiger partial charge in [-0.05, 0) is 6.92 Å². The van der Waals surface area contributed by atoms with E-state index in [9.17, 15) is 23.1 Å². The molecule has 0 spiro atoms. The molecule has 0 aliphatic carbocycles. The molecule has 0 heterocycles. The number of hydrogen-bond donors (Lipinski definition) is 2. The number of carbonyl (C=O) groups excluding carboxylic acids is 1. The Morgan fingerprint density at radius 3 is 2.53 bits per heavy atom. The minimum atomic E-state index is -2.35. The van der Waals surface area contributed by atoms with E-state index in [0.29, 0.717) is 12.1 Å². The predicted octanol–water partition coefficient (Wildman–Crippen LogP) is 1.99. The molecule has 108 valence electrons. The summed E-state index contributed by atoms with van der Waals surface area (Å²) in [6, 6.07) is -0.757. The van der Waals surface area contributed by atoms with Gasteiger partial charge in [0.05, 0.1) is 18.2 Å². The van der Waals surface area contributed by atoms with Crippen molar-refractivity contribution in [1.82, 2.24) is 0 Å². The quantitative estimate of drug-likeness (QED) is 0.834. The van der Waals surface area contributed by atoms with Crippen LogP contribution in [0.15, 0.2) is 12.1 Å². The number of benzene rings is 1. The van der Waals surface area contributed by atoms with Crippen molar-refractivity contribution in [3.63, 3.8) is 0 Å². The third-order valence-electron chi connectivity index (χ3n) is 2.23. The molecule has 0 saturated heterocycles. The highest BCUT2D eigenvalue weighted by atomic mass is 35.5. The van der Waals surface area contributed by atoms with Crippen LogP contribution in [0.2, 0.25) is 0 Å². The Hall–Kier alpha value is -1.47. The molecule has 1 rings (SSSR count). The molecule has 1 aromatic rings. The number of alkyl halides is 1. The van der Waals surface area contributed by atoms with Crippen molar-refractivity contribution in [3.05, 3.63) is 29.3 Å². The van der Waals surface area contributed by atoms with Gasteiger partial charge >= 0.3 is 5.97 Å². The third kappa shape index (κ3) is 4.00. The number of carbonyl (C=O) groups is 1. The van der Waals surface area contributed by atoms with Crippen LogP contribution >= 0.6 is 12.4 Å². The maximum absolute atomic E-state index is 13.6. The van der Waals surface area contributed by atoms with E-state index in [1.165, 1.54) is 6.92 Å². The van der Waals surface area contributed by atoms with Crippen LogP contribution in [0.1, 0.15) is 18.5 Å². The summed E-state index contributed by atoms with van der Waals surface area (Å²) in [6.45, 7) is 1.40. The molecule has 0 fully saturated rings. The topological polar surface area (TPSA) is 72.5 Å². The number of phenols is 1. The Labute approximate surface area is 113 Å². The lowest BCUT2D eigenvalue weighted by atomic mass is 10.0. The van der Waals surface area contributed by atoms with Gasteiger partial charge in [0.15, 0.2) is 0 Å². The van der Waals surface area contributed by atoms with Crippen LogP contribution in [0.25, 0.3) is 0 Å². The summed E-state index contributed by atoms with van der Waals surface area (Å²) in [5.74, 6) is -4.39. The van der Waals surface area contributed by atoms with E-state index in [1.54, 1.807) is 0 Å². The standard InChI is InChI=1S/C11H12F3NO3.ClH/c1-2-18-11(17)9(14)10(15)8-6(13)3-5(12)4-7(8)16;/h3-4,9-10,16H,2,15H2,1H3;1H/t9?,10-;/m0./s1. The number of ether oxygens (including phenoxy) is 1. The monoisotopic (exact) mass is 299 g/mol. The van der Waals surface area contributed by atoms with Crippen LogP contribution in [0.4, 0.5) is 13.2 Å². The smallest absolute Gasteiger partial charge is 0.342 e. The first-order valence-electron chi connectivity index (χ1n) is 5.12. The second kappa shape index (κ2) is 7.20. The molecule has 3 N–H and O–H groups in total. The largest absolute Gasteiger partial charge is 0.507 e. The summed E-state index contributed by atoms with van der Waals surface area (Å²) in [5.41, 5.74) is 4.65. The van der Waals surface area contributed by atoms with E-state index in [4.69, 9.17) is 5.73 Å². The normalized spacial score (nSPS) is 13.3. The fourth-order valence-corrected chi connectivity index (χ4v) is 1.42. The number of esters is 1. The number of rotatable bonds is 4. The van der Waals surface area contributed by atoms with Crippen molar-refractivity contribution in [1.29, 1.82) is 0 Å². The van der Waals surface area contributed by atoms with Gasteiger partial charge in [-0.25, -0.2) is 18.0 Å². The highest BCUT2D eigenvalue weighted by Crippen LogP contribution is 2.30. The van der Waals surface area contributed by atoms with Gasteiger partial charge in [-0.3, -0.25) is 0 Å². The minimum absolute atomic E-state index is 0. The first-order chi connectivity index (χ1) is 8.38. The molecule has 8 heteroatoms. The first kappa shape index (κ1) is 17.5. The number of phenolic OH excluding ortho intramolecular Hbond substituents is 1. The van der Waals surface area contributed by atoms with Crippen LogP contribution in [-0.4, -0.2) is 23.9 Å². The van der Waals surface area contributed by atoms with Crippen molar-refractivity contribution in [2.45, 2.75) is 19.1 Å². The number of nitrogens with two attached hydrogens (primary N) is 1. The summed E-state index contributed by atoms with van der Waals surface area (Å²) >= 11 is 0. The molecule has 1 unspecified atom stereocenters. The molecule has 19 heavy (non-hydrogen) atoms. The lowest BCUT2D eigenvalue weighted by molar-refractivity contribution is -0.149. The molecule has 0 saturated carbocycles. The number of halogens is 4. The summed E-state index contributed by atoms with van der Waals surface area (Å²) in [5, 5.41) is 9.32. The second-order valence-corrected chi connectivity index (χ2v) is 3.50. The highest BCUT2D eigenvalue weighted by molar-refractivity contribution is 5.85. The molecule has 0 amide bonds. The van der Waals surface area contributed by atoms with E-state index >= 15 is 0 Å². The van der Waals surface area contributed by atoms with Gasteiger partial charge in [-0.1, -0.05) is 0 Å². The first-order valence-corrected chi connectivity index (χ1v) is 5.12. The van der Waals surface area contributed by atoms with Crippen LogP contribution in [0.5, 0.6) is 5.75 Å². The van der Waals surface area contributed by atoms with Gasteiger partial charge in [0.25, 0.3) is 0 Å². The highest BCUT2D eigenvalue weighted by Gasteiger charge is 2.32. The minimum Gasteiger partial charge on any atom is -0.507 e. The maximum Gasteiger partial charge on any atom is 0.342 e. The molecule has 0 aliphatic heterocycles. The zero-order valence-corrected chi connectivity index (χ0v) is 10.7. The van der Waals surface area contributed by atoms with E-state index in [-0.39, 0.29) is 19.0 Å². The fraction of sp³-hybridized carbons (Fsp3) is 0.364. The van der Waals surface area contributed by atoms with Gasteiger partial charge < -0.3 is 15.6 Å². The SMILES string of the molecule is CCOC(=O)C(F)[C@@H](N)c1c(O)cc(F)cc1F.Cl. The van der Waals surface area contributed by atoms with Gasteiger partial charge in [0, 0.05) is 12.1 Å². The maximum atomic E-state index is 13.6. The molecular weight excluding hydrogens is 287 g/mol. The molecule has 0 bridgehead atoms. The molecule has 0 aliphatic rings. The van der Waals surface area contributed by atoms with E-state index in [0.717, 1.165) is 0 Å². The van der Waals surface area contributed by atoms with Gasteiger partial charge in [0.2, 0.25) is 6.17 Å². The van der Waals surface area contributed by atoms with Crippen LogP contribution in [0.3, 0.4) is 0 Å². The summed E-state index contributed by atoms with van der Waals surface area (Å²) in [7, 11) is 0. The van der Waals surface area contributed by atoms with Crippen LogP contribution in [0, 0.1) is 11.6 Å². The van der Waals surface area contributed by atoms with E-state index in [1.807, 2.05) is 0 Å². The summed E-state index contributed by atoms with van der Waals surface area (Å²) in [4.78, 5) is 11.1. The molecule has 2 atom stereocenters. The van der Waals surface area contributed by atoms with Crippen molar-refractivity contribution in [2.75, 3.05) is 6.61 Å². The molecule has 0 aromatic heterocycles. The lowest BCUT2D eigenvalue weighted by Gasteiger charge is -2.17. The molecule has 1 aromatic carbocycles. The van der Waals surface area contributed by atoms with E-state index < -0.39 is 41.1 Å². The zero-order chi connectivity index (χ0) is 13.9. The van der Waals surface area contributed by atoms with Gasteiger partial charge in [-0.15, -0.1) is 12.4 Å². The van der Waals surface area contributed by atoms with E-state index in [2.05, 4.69) is 4.74 Å². The molecule has 0 radical (unpaired) electrons. The summed E-state index contributed by atoms with van der Waals surface area (Å²) in [6.07, 6.45) is -2.35. The molecule has 4 nitrogen and oxygen atoms in total. The zero-order valence-electron chi connectivity index (χ0n) is 9.90. The summed E-state index contributed by atoms with van der Waals surface area (Å²) < 4.78 is 44.0. The Bertz CT molecular complexity index is 436. The fourth-order valence-electron chi connectivity index (χ4n) is 1.42. The number of hydrogen-bond acceptors (Lipinski definition) is 4. The van der Waals surface area contributed by atoms with Crippen molar-refractivity contribution < 1.29 is 27.8 Å². The lowest BCUT2D eigenvalue weighted by Crippen LogP contribution is -2.32. The Morgan fingerprint density at radius 2 is 2.05 bits per heavy atom. The van der Waals surface area contributed by atoms with Gasteiger partial charge in [-0.2, -0.15) is 0 Å². The molecular formula is C11H13ClF3NO3. The van der Waals surface area contributed by atoms with Gasteiger partial charge in [0.1, 0.15) is 17.4 Å². The number of aromatic hydroxyl groups is 1. The Morgan fingerprint density at radius 1 is 1.47 bits per heavy atom. The third-order valence-corrected chi connectivity index (χ3v) is 2.23. The Kier molecular flexibility index (Phi) is 6.64. The Balaban J connectivity index is 0.00000324. The van der Waals surface area contributed by atoms with Crippen molar-refractivity contribution >= 4 is 18.4 Å². The average molecular weight is 300 g/mol.